The van der Waals surface area contributed by atoms with Crippen LogP contribution >= 0.6 is 11.3 Å². The van der Waals surface area contributed by atoms with E-state index in [1.165, 1.54) is 4.88 Å². The van der Waals surface area contributed by atoms with Crippen molar-refractivity contribution in [1.82, 2.24) is 9.88 Å². The summed E-state index contributed by atoms with van der Waals surface area (Å²) in [5.74, 6) is 0.0221. The molecule has 0 radical (unpaired) electrons. The molecule has 2 aliphatic carbocycles. The lowest BCUT2D eigenvalue weighted by Crippen LogP contribution is -3.06. The molecule has 1 aromatic heterocycles. The number of anilines is 1. The Morgan fingerprint density at radius 2 is 2.00 bits per heavy atom. The number of hydrogen-bond donors (Lipinski definition) is 3. The van der Waals surface area contributed by atoms with Crippen LogP contribution in [0.25, 0.3) is 0 Å². The number of thiazole rings is 1. The van der Waals surface area contributed by atoms with E-state index in [1.54, 1.807) is 11.3 Å². The van der Waals surface area contributed by atoms with Crippen molar-refractivity contribution in [3.63, 3.8) is 0 Å². The highest BCUT2D eigenvalue weighted by Gasteiger charge is 2.54. The monoisotopic (exact) mass is 465 g/mol. The molecule has 0 bridgehead atoms. The summed E-state index contributed by atoms with van der Waals surface area (Å²) in [6.45, 7) is 12.2. The van der Waals surface area contributed by atoms with Gasteiger partial charge in [-0.15, -0.1) is 11.3 Å². The van der Waals surface area contributed by atoms with E-state index >= 15 is 0 Å². The molecule has 2 amide bonds. The van der Waals surface area contributed by atoms with Gasteiger partial charge in [-0.05, 0) is 50.4 Å². The molecule has 3 N–H and O–H groups in total. The Kier molecular flexibility index (Phi) is 7.67. The van der Waals surface area contributed by atoms with Crippen molar-refractivity contribution in [1.29, 1.82) is 0 Å². The normalized spacial score (nSPS) is 30.4. The van der Waals surface area contributed by atoms with Gasteiger partial charge in [0.1, 0.15) is 0 Å². The number of aliphatic hydroxyl groups is 1. The minimum absolute atomic E-state index is 0.0259. The lowest BCUT2D eigenvalue weighted by molar-refractivity contribution is -0.849. The fourth-order valence-corrected chi connectivity index (χ4v) is 7.37. The van der Waals surface area contributed by atoms with Crippen molar-refractivity contribution in [2.24, 2.45) is 23.2 Å². The molecule has 0 aromatic carbocycles. The van der Waals surface area contributed by atoms with Gasteiger partial charge >= 0.3 is 0 Å². The van der Waals surface area contributed by atoms with Crippen molar-refractivity contribution in [3.05, 3.63) is 10.6 Å². The Bertz CT molecular complexity index is 837. The Labute approximate surface area is 196 Å². The Morgan fingerprint density at radius 3 is 2.59 bits per heavy atom. The maximum Gasteiger partial charge on any atom is 0.281 e. The number of carbonyl (C=O) groups excluding carboxylic acids is 2. The Hall–Kier alpha value is -1.51. The summed E-state index contributed by atoms with van der Waals surface area (Å²) in [5, 5.41) is 15.2. The number of nitrogens with zero attached hydrogens (tertiary/aromatic N) is 2. The maximum absolute atomic E-state index is 13.0. The van der Waals surface area contributed by atoms with Crippen LogP contribution in [0, 0.1) is 23.2 Å². The van der Waals surface area contributed by atoms with Gasteiger partial charge < -0.3 is 14.9 Å². The smallest absolute Gasteiger partial charge is 0.281 e. The van der Waals surface area contributed by atoms with E-state index in [2.05, 4.69) is 19.2 Å². The van der Waals surface area contributed by atoms with Crippen LogP contribution in [0.5, 0.6) is 0 Å². The highest BCUT2D eigenvalue weighted by Crippen LogP contribution is 2.57. The van der Waals surface area contributed by atoms with Crippen LogP contribution in [-0.2, 0) is 16.0 Å². The van der Waals surface area contributed by atoms with Gasteiger partial charge in [0.05, 0.1) is 25.9 Å². The zero-order chi connectivity index (χ0) is 23.8. The quantitative estimate of drug-likeness (QED) is 0.573. The maximum atomic E-state index is 13.0. The third-order valence-electron chi connectivity index (χ3n) is 7.79. The number of carbonyl (C=O) groups is 2. The first kappa shape index (κ1) is 25.1. The third-order valence-corrected chi connectivity index (χ3v) is 8.78. The van der Waals surface area contributed by atoms with Crippen LogP contribution in [-0.4, -0.2) is 66.6 Å². The van der Waals surface area contributed by atoms with Crippen molar-refractivity contribution in [3.8, 4) is 0 Å². The summed E-state index contributed by atoms with van der Waals surface area (Å²) in [7, 11) is 3.90. The van der Waals surface area contributed by atoms with E-state index in [0.717, 1.165) is 29.9 Å². The number of nitrogens with one attached hydrogen (secondary N) is 2. The molecule has 2 aliphatic rings. The van der Waals surface area contributed by atoms with Gasteiger partial charge in [0.15, 0.2) is 11.7 Å². The van der Waals surface area contributed by atoms with Gasteiger partial charge in [0, 0.05) is 29.8 Å². The fourth-order valence-electron chi connectivity index (χ4n) is 6.09. The summed E-state index contributed by atoms with van der Waals surface area (Å²) < 4.78 is 0. The first-order valence-electron chi connectivity index (χ1n) is 12.1. The molecule has 1 fully saturated rings. The van der Waals surface area contributed by atoms with E-state index in [9.17, 15) is 14.7 Å². The number of aliphatic hydroxyl groups excluding tert-OH is 1. The molecule has 3 rings (SSSR count). The first-order valence-corrected chi connectivity index (χ1v) is 12.9. The molecule has 8 heteroatoms. The third kappa shape index (κ3) is 4.73. The van der Waals surface area contributed by atoms with E-state index in [4.69, 9.17) is 4.98 Å². The lowest BCUT2D eigenvalue weighted by Gasteiger charge is -2.53. The number of hydrogen-bond acceptors (Lipinski definition) is 5. The van der Waals surface area contributed by atoms with Crippen LogP contribution < -0.4 is 10.2 Å². The summed E-state index contributed by atoms with van der Waals surface area (Å²) in [6, 6.07) is 0. The lowest BCUT2D eigenvalue weighted by atomic mass is 9.53. The minimum Gasteiger partial charge on any atom is -0.392 e. The van der Waals surface area contributed by atoms with Gasteiger partial charge in [-0.25, -0.2) is 4.98 Å². The van der Waals surface area contributed by atoms with Gasteiger partial charge in [0.2, 0.25) is 5.91 Å². The van der Waals surface area contributed by atoms with E-state index in [1.807, 2.05) is 39.8 Å². The average Bonchev–Trinajstić information content (AvgIpc) is 3.09. The number of quaternary nitrogens is 1. The SMILES string of the molecule is CCN(CC)C(=O)[C@@H](C)[C@H]1CC[C@]2(C)Cc3sc(NC(=O)C[NH+](C)C)nc3[C@@H](C)[C@@H]2[C@H]1O. The second-order valence-corrected chi connectivity index (χ2v) is 11.5. The zero-order valence-corrected chi connectivity index (χ0v) is 21.5. The van der Waals surface area contributed by atoms with Crippen LogP contribution in [0.4, 0.5) is 5.13 Å². The standard InChI is InChI=1S/C24H40N4O3S/c1-8-28(9-2)22(31)14(3)16-10-11-24(5)12-17-20(15(4)19(24)21(16)30)26-23(32-17)25-18(29)13-27(6)7/h14-16,19,21,30H,8-13H2,1-7H3,(H,25,26,29)/p+1/t14-,15-,16+,19+,21-,24+/m0/s1. The molecule has 7 nitrogen and oxygen atoms in total. The minimum atomic E-state index is -0.538. The summed E-state index contributed by atoms with van der Waals surface area (Å²) >= 11 is 1.58. The molecule has 32 heavy (non-hydrogen) atoms. The largest absolute Gasteiger partial charge is 0.392 e. The number of likely N-dealkylation sites (N-methyl/N-ethyl adjacent to an activating group) is 1. The highest BCUT2D eigenvalue weighted by atomic mass is 32.1. The van der Waals surface area contributed by atoms with Crippen LogP contribution in [0.3, 0.4) is 0 Å². The second kappa shape index (κ2) is 9.77. The summed E-state index contributed by atoms with van der Waals surface area (Å²) in [5.41, 5.74) is 0.981. The molecule has 0 spiro atoms. The van der Waals surface area contributed by atoms with Crippen LogP contribution in [0.15, 0.2) is 0 Å². The first-order chi connectivity index (χ1) is 15.0. The summed E-state index contributed by atoms with van der Waals surface area (Å²) in [6.07, 6.45) is 2.18. The molecule has 1 saturated carbocycles. The molecular formula is C24H41N4O3S+. The number of amides is 2. The molecule has 180 valence electrons. The fraction of sp³-hybridized carbons (Fsp3) is 0.792. The highest BCUT2D eigenvalue weighted by molar-refractivity contribution is 7.15. The van der Waals surface area contributed by atoms with Crippen molar-refractivity contribution in [2.75, 3.05) is 39.0 Å². The number of aromatic nitrogens is 1. The van der Waals surface area contributed by atoms with Gasteiger partial charge in [-0.2, -0.15) is 0 Å². The van der Waals surface area contributed by atoms with E-state index in [-0.39, 0.29) is 40.9 Å². The van der Waals surface area contributed by atoms with Crippen molar-refractivity contribution < 1.29 is 19.6 Å². The van der Waals surface area contributed by atoms with Gasteiger partial charge in [0.25, 0.3) is 5.91 Å². The Balaban J connectivity index is 1.82. The van der Waals surface area contributed by atoms with Crippen molar-refractivity contribution >= 4 is 28.3 Å². The molecule has 0 unspecified atom stereocenters. The van der Waals surface area contributed by atoms with E-state index in [0.29, 0.717) is 24.8 Å². The zero-order valence-electron chi connectivity index (χ0n) is 20.7. The van der Waals surface area contributed by atoms with Crippen molar-refractivity contribution in [2.45, 2.75) is 65.9 Å². The topological polar surface area (TPSA) is 87.0 Å². The number of rotatable bonds is 7. The van der Waals surface area contributed by atoms with Crippen LogP contribution in [0.1, 0.15) is 63.9 Å². The molecular weight excluding hydrogens is 424 g/mol. The average molecular weight is 466 g/mol. The predicted molar refractivity (Wildman–Crippen MR) is 128 cm³/mol. The van der Waals surface area contributed by atoms with E-state index < -0.39 is 6.10 Å². The predicted octanol–water partition coefficient (Wildman–Crippen LogP) is 1.78. The van der Waals surface area contributed by atoms with Gasteiger partial charge in [-0.3, -0.25) is 14.9 Å². The molecule has 0 saturated heterocycles. The summed E-state index contributed by atoms with van der Waals surface area (Å²) in [4.78, 5) is 34.2. The second-order valence-electron chi connectivity index (χ2n) is 10.4. The van der Waals surface area contributed by atoms with Gasteiger partial charge in [-0.1, -0.05) is 20.8 Å². The molecule has 1 heterocycles. The molecule has 0 aliphatic heterocycles. The molecule has 1 aromatic rings. The molecule has 6 atom stereocenters. The Morgan fingerprint density at radius 1 is 1.34 bits per heavy atom. The number of fused-ring (bicyclic) bond motifs is 2. The van der Waals surface area contributed by atoms with Crippen LogP contribution in [0.2, 0.25) is 0 Å².